The molecule has 1 atom stereocenters. The van der Waals surface area contributed by atoms with Gasteiger partial charge in [-0.25, -0.2) is 4.79 Å². The van der Waals surface area contributed by atoms with Crippen molar-refractivity contribution in [3.8, 4) is 0 Å². The Morgan fingerprint density at radius 3 is 2.79 bits per heavy atom. The molecule has 2 rings (SSSR count). The first-order chi connectivity index (χ1) is 9.07. The Balaban J connectivity index is 1.83. The van der Waals surface area contributed by atoms with Crippen molar-refractivity contribution in [1.82, 2.24) is 10.2 Å². The SMILES string of the molecule is CC1(O)CCCN(C(=O)NCc2ccccc2)CC1. The molecule has 1 aliphatic rings. The molecular weight excluding hydrogens is 240 g/mol. The van der Waals surface area contributed by atoms with Crippen molar-refractivity contribution in [2.24, 2.45) is 0 Å². The van der Waals surface area contributed by atoms with Gasteiger partial charge in [0, 0.05) is 19.6 Å². The number of nitrogens with one attached hydrogen (secondary N) is 1. The maximum absolute atomic E-state index is 12.1. The van der Waals surface area contributed by atoms with Gasteiger partial charge in [0.15, 0.2) is 0 Å². The summed E-state index contributed by atoms with van der Waals surface area (Å²) >= 11 is 0. The quantitative estimate of drug-likeness (QED) is 0.858. The molecule has 4 heteroatoms. The Morgan fingerprint density at radius 2 is 2.05 bits per heavy atom. The maximum atomic E-state index is 12.1. The first-order valence-electron chi connectivity index (χ1n) is 6.86. The van der Waals surface area contributed by atoms with Gasteiger partial charge in [0.25, 0.3) is 0 Å². The van der Waals surface area contributed by atoms with E-state index in [1.54, 1.807) is 4.90 Å². The van der Waals surface area contributed by atoms with Crippen LogP contribution in [0.3, 0.4) is 0 Å². The molecule has 0 spiro atoms. The lowest BCUT2D eigenvalue weighted by Crippen LogP contribution is -2.40. The number of benzene rings is 1. The van der Waals surface area contributed by atoms with Crippen LogP contribution < -0.4 is 5.32 Å². The maximum Gasteiger partial charge on any atom is 0.317 e. The second kappa shape index (κ2) is 6.06. The summed E-state index contributed by atoms with van der Waals surface area (Å²) in [5.41, 5.74) is 0.465. The predicted octanol–water partition coefficient (Wildman–Crippen LogP) is 2.13. The molecule has 1 fully saturated rings. The summed E-state index contributed by atoms with van der Waals surface area (Å²) in [4.78, 5) is 13.9. The van der Waals surface area contributed by atoms with Crippen LogP contribution in [-0.2, 0) is 6.54 Å². The molecule has 1 aromatic rings. The second-order valence-electron chi connectivity index (χ2n) is 5.48. The van der Waals surface area contributed by atoms with Crippen LogP contribution in [0.5, 0.6) is 0 Å². The Bertz CT molecular complexity index is 417. The van der Waals surface area contributed by atoms with Crippen LogP contribution in [0.4, 0.5) is 4.79 Å². The van der Waals surface area contributed by atoms with Crippen molar-refractivity contribution in [2.75, 3.05) is 13.1 Å². The third-order valence-electron chi connectivity index (χ3n) is 3.64. The van der Waals surface area contributed by atoms with Crippen LogP contribution >= 0.6 is 0 Å². The topological polar surface area (TPSA) is 52.6 Å². The molecule has 0 aromatic heterocycles. The summed E-state index contributed by atoms with van der Waals surface area (Å²) in [6, 6.07) is 9.83. The lowest BCUT2D eigenvalue weighted by atomic mass is 9.98. The zero-order valence-electron chi connectivity index (χ0n) is 11.4. The minimum Gasteiger partial charge on any atom is -0.390 e. The van der Waals surface area contributed by atoms with Gasteiger partial charge in [0.1, 0.15) is 0 Å². The van der Waals surface area contributed by atoms with Gasteiger partial charge in [-0.05, 0) is 31.7 Å². The molecule has 0 saturated carbocycles. The van der Waals surface area contributed by atoms with E-state index in [4.69, 9.17) is 0 Å². The van der Waals surface area contributed by atoms with Gasteiger partial charge in [0.2, 0.25) is 0 Å². The van der Waals surface area contributed by atoms with Crippen molar-refractivity contribution in [1.29, 1.82) is 0 Å². The van der Waals surface area contributed by atoms with Gasteiger partial charge in [0.05, 0.1) is 5.60 Å². The average molecular weight is 262 g/mol. The number of carbonyl (C=O) groups is 1. The number of urea groups is 1. The molecule has 0 radical (unpaired) electrons. The molecule has 104 valence electrons. The van der Waals surface area contributed by atoms with E-state index in [1.807, 2.05) is 37.3 Å². The van der Waals surface area contributed by atoms with Crippen molar-refractivity contribution in [3.05, 3.63) is 35.9 Å². The van der Waals surface area contributed by atoms with E-state index in [2.05, 4.69) is 5.32 Å². The highest BCUT2D eigenvalue weighted by Crippen LogP contribution is 2.21. The van der Waals surface area contributed by atoms with E-state index < -0.39 is 5.60 Å². The summed E-state index contributed by atoms with van der Waals surface area (Å²) in [6.07, 6.45) is 2.26. The molecule has 1 unspecified atom stereocenters. The van der Waals surface area contributed by atoms with Crippen LogP contribution in [0.1, 0.15) is 31.7 Å². The first-order valence-corrected chi connectivity index (χ1v) is 6.86. The summed E-state index contributed by atoms with van der Waals surface area (Å²) < 4.78 is 0. The molecule has 0 bridgehead atoms. The summed E-state index contributed by atoms with van der Waals surface area (Å²) in [6.45, 7) is 3.73. The molecule has 2 amide bonds. The molecule has 2 N–H and O–H groups in total. The van der Waals surface area contributed by atoms with E-state index in [9.17, 15) is 9.90 Å². The van der Waals surface area contributed by atoms with E-state index in [1.165, 1.54) is 0 Å². The molecule has 4 nitrogen and oxygen atoms in total. The lowest BCUT2D eigenvalue weighted by molar-refractivity contribution is 0.0457. The summed E-state index contributed by atoms with van der Waals surface area (Å²) in [5, 5.41) is 12.9. The zero-order chi connectivity index (χ0) is 13.7. The first kappa shape index (κ1) is 13.9. The molecule has 1 aromatic carbocycles. The molecule has 1 heterocycles. The van der Waals surface area contributed by atoms with Crippen molar-refractivity contribution in [2.45, 2.75) is 38.3 Å². The van der Waals surface area contributed by atoms with Crippen LogP contribution in [0.2, 0.25) is 0 Å². The highest BCUT2D eigenvalue weighted by Gasteiger charge is 2.26. The third kappa shape index (κ3) is 4.24. The molecule has 19 heavy (non-hydrogen) atoms. The Morgan fingerprint density at radius 1 is 1.32 bits per heavy atom. The van der Waals surface area contributed by atoms with Gasteiger partial charge < -0.3 is 15.3 Å². The van der Waals surface area contributed by atoms with Crippen molar-refractivity contribution in [3.63, 3.8) is 0 Å². The average Bonchev–Trinajstić information content (AvgIpc) is 2.58. The standard InChI is InChI=1S/C15H22N2O2/c1-15(19)8-5-10-17(11-9-15)14(18)16-12-13-6-3-2-4-7-13/h2-4,6-7,19H,5,8-12H2,1H3,(H,16,18). The predicted molar refractivity (Wildman–Crippen MR) is 74.7 cm³/mol. The molecule has 1 saturated heterocycles. The molecule has 0 aliphatic carbocycles. The fourth-order valence-corrected chi connectivity index (χ4v) is 2.35. The smallest absolute Gasteiger partial charge is 0.317 e. The lowest BCUT2D eigenvalue weighted by Gasteiger charge is -2.22. The molecular formula is C15H22N2O2. The van der Waals surface area contributed by atoms with Crippen LogP contribution in [0, 0.1) is 0 Å². The van der Waals surface area contributed by atoms with Crippen molar-refractivity contribution < 1.29 is 9.90 Å². The van der Waals surface area contributed by atoms with Crippen molar-refractivity contribution >= 4 is 6.03 Å². The largest absolute Gasteiger partial charge is 0.390 e. The monoisotopic (exact) mass is 262 g/mol. The van der Waals surface area contributed by atoms with E-state index in [0.29, 0.717) is 19.5 Å². The van der Waals surface area contributed by atoms with Gasteiger partial charge in [-0.3, -0.25) is 0 Å². The van der Waals surface area contributed by atoms with Gasteiger partial charge >= 0.3 is 6.03 Å². The number of aliphatic hydroxyl groups is 1. The van der Waals surface area contributed by atoms with Gasteiger partial charge in [-0.2, -0.15) is 0 Å². The van der Waals surface area contributed by atoms with Gasteiger partial charge in [-0.1, -0.05) is 30.3 Å². The number of likely N-dealkylation sites (tertiary alicyclic amines) is 1. The number of nitrogens with zero attached hydrogens (tertiary/aromatic N) is 1. The van der Waals surface area contributed by atoms with Crippen LogP contribution in [-0.4, -0.2) is 34.7 Å². The van der Waals surface area contributed by atoms with E-state index in [0.717, 1.165) is 24.9 Å². The Labute approximate surface area is 114 Å². The number of hydrogen-bond acceptors (Lipinski definition) is 2. The minimum atomic E-state index is -0.630. The second-order valence-corrected chi connectivity index (χ2v) is 5.48. The third-order valence-corrected chi connectivity index (χ3v) is 3.64. The zero-order valence-corrected chi connectivity index (χ0v) is 11.4. The normalized spacial score (nSPS) is 23.8. The van der Waals surface area contributed by atoms with E-state index in [-0.39, 0.29) is 6.03 Å². The Kier molecular flexibility index (Phi) is 4.43. The van der Waals surface area contributed by atoms with E-state index >= 15 is 0 Å². The highest BCUT2D eigenvalue weighted by atomic mass is 16.3. The molecule has 1 aliphatic heterocycles. The minimum absolute atomic E-state index is 0.0402. The number of amides is 2. The highest BCUT2D eigenvalue weighted by molar-refractivity contribution is 5.74. The fraction of sp³-hybridized carbons (Fsp3) is 0.533. The fourth-order valence-electron chi connectivity index (χ4n) is 2.35. The van der Waals surface area contributed by atoms with Crippen LogP contribution in [0.15, 0.2) is 30.3 Å². The number of carbonyl (C=O) groups excluding carboxylic acids is 1. The summed E-state index contributed by atoms with van der Waals surface area (Å²) in [7, 11) is 0. The Hall–Kier alpha value is -1.55. The summed E-state index contributed by atoms with van der Waals surface area (Å²) in [5.74, 6) is 0. The van der Waals surface area contributed by atoms with Crippen LogP contribution in [0.25, 0.3) is 0 Å². The van der Waals surface area contributed by atoms with Gasteiger partial charge in [-0.15, -0.1) is 0 Å². The number of hydrogen-bond donors (Lipinski definition) is 2. The number of rotatable bonds is 2.